The Morgan fingerprint density at radius 1 is 0.654 bits per heavy atom. The van der Waals surface area contributed by atoms with Crippen molar-refractivity contribution in [2.45, 2.75) is 36.4 Å². The van der Waals surface area contributed by atoms with Crippen LogP contribution in [-0.2, 0) is 0 Å². The molecule has 0 saturated heterocycles. The van der Waals surface area contributed by atoms with Crippen molar-refractivity contribution >= 4 is 34.9 Å². The number of thioether (sulfide) groups is 1. The summed E-state index contributed by atoms with van der Waals surface area (Å²) in [5.41, 5.74) is 0. The Morgan fingerprint density at radius 3 is 1.27 bits per heavy atom. The van der Waals surface area contributed by atoms with E-state index in [0.29, 0.717) is 9.74 Å². The molecule has 0 amide bonds. The predicted octanol–water partition coefficient (Wildman–Crippen LogP) is 5.61. The maximum absolute atomic E-state index is 2.37. The number of hydrogen-bond acceptors (Lipinski definition) is 1. The molecule has 0 radical (unpaired) electrons. The van der Waals surface area contributed by atoms with Gasteiger partial charge in [0.2, 0.25) is 0 Å². The summed E-state index contributed by atoms with van der Waals surface area (Å²) < 4.78 is 0.325. The fourth-order valence-electron chi connectivity index (χ4n) is 4.19. The molecule has 0 aliphatic heterocycles. The molecule has 0 aromatic heterocycles. The third-order valence-electron chi connectivity index (χ3n) is 5.17. The molecular formula is C24H26PS+. The van der Waals surface area contributed by atoms with Gasteiger partial charge in [0.15, 0.2) is 0 Å². The second kappa shape index (κ2) is 7.22. The highest BCUT2D eigenvalue weighted by atomic mass is 32.2. The summed E-state index contributed by atoms with van der Waals surface area (Å²) in [6.07, 6.45) is 2.62. The summed E-state index contributed by atoms with van der Waals surface area (Å²) in [6.45, 7) is 4.70. The van der Waals surface area contributed by atoms with Gasteiger partial charge in [-0.25, -0.2) is 0 Å². The van der Waals surface area contributed by atoms with Gasteiger partial charge in [-0.1, -0.05) is 68.4 Å². The molecule has 0 heterocycles. The van der Waals surface area contributed by atoms with Gasteiger partial charge in [-0.2, -0.15) is 0 Å². The van der Waals surface area contributed by atoms with E-state index in [1.165, 1.54) is 28.8 Å². The Balaban J connectivity index is 2.05. The van der Waals surface area contributed by atoms with Gasteiger partial charge in [0.25, 0.3) is 0 Å². The molecule has 26 heavy (non-hydrogen) atoms. The number of hydrogen-bond donors (Lipinski definition) is 0. The molecule has 0 N–H and O–H groups in total. The minimum Gasteiger partial charge on any atom is -0.111 e. The molecule has 4 rings (SSSR count). The number of benzene rings is 3. The first kappa shape index (κ1) is 17.8. The van der Waals surface area contributed by atoms with E-state index in [9.17, 15) is 0 Å². The second-order valence-electron chi connectivity index (χ2n) is 7.29. The zero-order valence-corrected chi connectivity index (χ0v) is 17.2. The summed E-state index contributed by atoms with van der Waals surface area (Å²) >= 11 is 2.21. The van der Waals surface area contributed by atoms with E-state index in [-0.39, 0.29) is 0 Å². The lowest BCUT2D eigenvalue weighted by Crippen LogP contribution is -2.39. The van der Waals surface area contributed by atoms with Crippen molar-refractivity contribution in [3.05, 3.63) is 91.0 Å². The summed E-state index contributed by atoms with van der Waals surface area (Å²) in [5.74, 6) is 0. The second-order valence-corrected chi connectivity index (χ2v) is 13.3. The quantitative estimate of drug-likeness (QED) is 0.503. The van der Waals surface area contributed by atoms with Gasteiger partial charge in [0.1, 0.15) is 27.7 Å². The Bertz CT molecular complexity index is 742. The molecule has 0 unspecified atom stereocenters. The molecule has 1 aliphatic carbocycles. The topological polar surface area (TPSA) is 0 Å². The van der Waals surface area contributed by atoms with E-state index in [2.05, 4.69) is 117 Å². The molecule has 1 aliphatic rings. The van der Waals surface area contributed by atoms with Crippen LogP contribution in [0.4, 0.5) is 0 Å². The summed E-state index contributed by atoms with van der Waals surface area (Å²) in [5, 5.41) is 5.18. The van der Waals surface area contributed by atoms with Gasteiger partial charge in [-0.05, 0) is 36.4 Å². The molecule has 2 heteroatoms. The van der Waals surface area contributed by atoms with E-state index in [0.717, 1.165) is 0 Å². The lowest BCUT2D eigenvalue weighted by atomic mass is 10.4. The molecular weight excluding hydrogens is 351 g/mol. The average molecular weight is 378 g/mol. The average Bonchev–Trinajstić information content (AvgIpc) is 3.45. The van der Waals surface area contributed by atoms with Crippen molar-refractivity contribution < 1.29 is 0 Å². The van der Waals surface area contributed by atoms with E-state index in [1.807, 2.05) is 0 Å². The highest BCUT2D eigenvalue weighted by molar-refractivity contribution is 8.16. The Morgan fingerprint density at radius 2 is 1.00 bits per heavy atom. The van der Waals surface area contributed by atoms with Crippen LogP contribution in [0.3, 0.4) is 0 Å². The summed E-state index contributed by atoms with van der Waals surface area (Å²) in [7, 11) is -1.74. The van der Waals surface area contributed by atoms with Gasteiger partial charge in [-0.15, -0.1) is 11.8 Å². The van der Waals surface area contributed by atoms with Crippen molar-refractivity contribution in [2.24, 2.45) is 0 Å². The Labute approximate surface area is 162 Å². The molecule has 0 spiro atoms. The predicted molar refractivity (Wildman–Crippen MR) is 120 cm³/mol. The van der Waals surface area contributed by atoms with Crippen LogP contribution in [0.15, 0.2) is 91.0 Å². The molecule has 132 valence electrons. The first-order valence-corrected chi connectivity index (χ1v) is 12.1. The minimum absolute atomic E-state index is 0.325. The van der Waals surface area contributed by atoms with E-state index in [4.69, 9.17) is 0 Å². The maximum Gasteiger partial charge on any atom is 0.139 e. The van der Waals surface area contributed by atoms with Crippen molar-refractivity contribution in [3.8, 4) is 0 Å². The fourth-order valence-corrected chi connectivity index (χ4v) is 12.6. The summed E-state index contributed by atoms with van der Waals surface area (Å²) in [6, 6.07) is 33.9. The van der Waals surface area contributed by atoms with Crippen molar-refractivity contribution in [2.75, 3.05) is 0 Å². The third-order valence-corrected chi connectivity index (χ3v) is 12.5. The first-order chi connectivity index (χ1) is 12.7. The van der Waals surface area contributed by atoms with Gasteiger partial charge >= 0.3 is 0 Å². The van der Waals surface area contributed by atoms with Crippen LogP contribution in [0.1, 0.15) is 26.7 Å². The molecule has 0 bridgehead atoms. The van der Waals surface area contributed by atoms with Crippen LogP contribution in [0.25, 0.3) is 0 Å². The van der Waals surface area contributed by atoms with Crippen LogP contribution in [0.2, 0.25) is 0 Å². The maximum atomic E-state index is 2.37. The van der Waals surface area contributed by atoms with Gasteiger partial charge in [0, 0.05) is 18.1 Å². The fraction of sp³-hybridized carbons (Fsp3) is 0.250. The van der Waals surface area contributed by atoms with Crippen LogP contribution >= 0.6 is 19.0 Å². The molecule has 0 nitrogen and oxygen atoms in total. The van der Waals surface area contributed by atoms with Crippen LogP contribution in [0, 0.1) is 0 Å². The molecule has 0 atom stereocenters. The molecule has 3 aromatic rings. The number of rotatable bonds is 6. The van der Waals surface area contributed by atoms with Crippen molar-refractivity contribution in [1.29, 1.82) is 0 Å². The monoisotopic (exact) mass is 377 g/mol. The van der Waals surface area contributed by atoms with Crippen LogP contribution in [0.5, 0.6) is 0 Å². The third kappa shape index (κ3) is 2.92. The van der Waals surface area contributed by atoms with Gasteiger partial charge < -0.3 is 0 Å². The zero-order chi connectivity index (χ0) is 18.0. The van der Waals surface area contributed by atoms with Crippen LogP contribution in [-0.4, -0.2) is 9.74 Å². The van der Waals surface area contributed by atoms with Gasteiger partial charge in [0.05, 0.1) is 0 Å². The van der Waals surface area contributed by atoms with Crippen molar-refractivity contribution in [3.63, 3.8) is 0 Å². The Hall–Kier alpha value is -1.56. The van der Waals surface area contributed by atoms with Crippen molar-refractivity contribution in [1.82, 2.24) is 0 Å². The van der Waals surface area contributed by atoms with Gasteiger partial charge in [-0.3, -0.25) is 0 Å². The minimum atomic E-state index is -1.74. The smallest absolute Gasteiger partial charge is 0.111 e. The van der Waals surface area contributed by atoms with Crippen LogP contribution < -0.4 is 15.9 Å². The zero-order valence-electron chi connectivity index (χ0n) is 15.5. The molecule has 3 aromatic carbocycles. The Kier molecular flexibility index (Phi) is 4.95. The highest BCUT2D eigenvalue weighted by Gasteiger charge is 2.70. The largest absolute Gasteiger partial charge is 0.139 e. The van der Waals surface area contributed by atoms with E-state index >= 15 is 0 Å². The lowest BCUT2D eigenvalue weighted by molar-refractivity contribution is 1.10. The SMILES string of the molecule is CC(C)SC1([P+](c2ccccc2)(c2ccccc2)c2ccccc2)CC1. The highest BCUT2D eigenvalue weighted by Crippen LogP contribution is 2.80. The normalized spacial score (nSPS) is 15.8. The first-order valence-electron chi connectivity index (χ1n) is 9.43. The molecule has 1 saturated carbocycles. The lowest BCUT2D eigenvalue weighted by Gasteiger charge is -2.35. The van der Waals surface area contributed by atoms with E-state index < -0.39 is 7.26 Å². The standard InChI is InChI=1S/C24H26PS/c1-20(2)26-24(18-19-24)25(21-12-6-3-7-13-21,22-14-8-4-9-15-22)23-16-10-5-11-17-23/h3-17,20H,18-19H2,1-2H3/q+1. The van der Waals surface area contributed by atoms with E-state index in [1.54, 1.807) is 0 Å². The molecule has 1 fully saturated rings. The summed E-state index contributed by atoms with van der Waals surface area (Å²) in [4.78, 5) is 0.